The molecule has 0 aliphatic carbocycles. The summed E-state index contributed by atoms with van der Waals surface area (Å²) in [5, 5.41) is 0. The van der Waals surface area contributed by atoms with Gasteiger partial charge in [0.2, 0.25) is 0 Å². The summed E-state index contributed by atoms with van der Waals surface area (Å²) in [5.41, 5.74) is -1.42. The molecule has 0 fully saturated rings. The summed E-state index contributed by atoms with van der Waals surface area (Å²) in [4.78, 5) is 24.4. The molecule has 1 aromatic rings. The van der Waals surface area contributed by atoms with Gasteiger partial charge in [0.05, 0.1) is 17.9 Å². The zero-order valence-corrected chi connectivity index (χ0v) is 18.5. The third-order valence-corrected chi connectivity index (χ3v) is 4.17. The molecule has 30 heavy (non-hydrogen) atoms. The van der Waals surface area contributed by atoms with Gasteiger partial charge in [-0.1, -0.05) is 20.8 Å². The van der Waals surface area contributed by atoms with Crippen molar-refractivity contribution in [1.29, 1.82) is 0 Å². The van der Waals surface area contributed by atoms with E-state index in [2.05, 4.69) is 0 Å². The lowest BCUT2D eigenvalue weighted by atomic mass is 10.0. The van der Waals surface area contributed by atoms with Crippen molar-refractivity contribution in [2.24, 2.45) is 11.8 Å². The molecule has 0 heterocycles. The van der Waals surface area contributed by atoms with Gasteiger partial charge in [0.15, 0.2) is 0 Å². The van der Waals surface area contributed by atoms with E-state index in [1.165, 1.54) is 12.1 Å². The highest BCUT2D eigenvalue weighted by Gasteiger charge is 2.32. The summed E-state index contributed by atoms with van der Waals surface area (Å²) in [6, 6.07) is 4.32. The van der Waals surface area contributed by atoms with Gasteiger partial charge >= 0.3 is 18.1 Å². The predicted octanol–water partition coefficient (Wildman–Crippen LogP) is 5.41. The van der Waals surface area contributed by atoms with Crippen molar-refractivity contribution in [3.8, 4) is 5.75 Å². The Hall–Kier alpha value is -2.25. The molecule has 0 amide bonds. The molecule has 0 radical (unpaired) electrons. The second-order valence-corrected chi connectivity index (χ2v) is 8.68. The highest BCUT2D eigenvalue weighted by molar-refractivity contribution is 5.79. The molecule has 0 aromatic heterocycles. The maximum Gasteiger partial charge on any atom is 0.416 e. The summed E-state index contributed by atoms with van der Waals surface area (Å²) < 4.78 is 54.5. The average molecular weight is 432 g/mol. The van der Waals surface area contributed by atoms with Gasteiger partial charge in [-0.05, 0) is 57.9 Å². The van der Waals surface area contributed by atoms with E-state index in [-0.39, 0.29) is 18.1 Å². The minimum Gasteiger partial charge on any atom is -0.487 e. The number of hydrogen-bond donors (Lipinski definition) is 0. The first kappa shape index (κ1) is 25.8. The topological polar surface area (TPSA) is 61.8 Å². The SMILES string of the molecule is CC(C)[C@@H](OC(=O)[C@H](C)CC(=O)OC(C)(C)C)[C@H](C)Oc1ccc(C(F)(F)F)cc1. The number of halogens is 3. The van der Waals surface area contributed by atoms with Gasteiger partial charge in [0.1, 0.15) is 23.6 Å². The molecule has 0 saturated heterocycles. The number of carbonyl (C=O) groups is 2. The van der Waals surface area contributed by atoms with E-state index in [0.717, 1.165) is 12.1 Å². The molecule has 0 unspecified atom stereocenters. The molecule has 1 aromatic carbocycles. The Morgan fingerprint density at radius 2 is 1.50 bits per heavy atom. The second kappa shape index (κ2) is 10.2. The van der Waals surface area contributed by atoms with Crippen molar-refractivity contribution in [3.63, 3.8) is 0 Å². The second-order valence-electron chi connectivity index (χ2n) is 8.68. The maximum atomic E-state index is 12.7. The summed E-state index contributed by atoms with van der Waals surface area (Å²) in [5.74, 6) is -1.66. The number of esters is 2. The van der Waals surface area contributed by atoms with Crippen LogP contribution in [0.2, 0.25) is 0 Å². The predicted molar refractivity (Wildman–Crippen MR) is 106 cm³/mol. The molecule has 3 atom stereocenters. The minimum absolute atomic E-state index is 0.116. The molecule has 0 N–H and O–H groups in total. The molecule has 0 aliphatic heterocycles. The zero-order valence-electron chi connectivity index (χ0n) is 18.5. The number of rotatable bonds is 8. The molecule has 0 spiro atoms. The minimum atomic E-state index is -4.43. The van der Waals surface area contributed by atoms with E-state index in [4.69, 9.17) is 14.2 Å². The molecule has 170 valence electrons. The fourth-order valence-electron chi connectivity index (χ4n) is 2.74. The first-order valence-corrected chi connectivity index (χ1v) is 9.86. The van der Waals surface area contributed by atoms with Crippen molar-refractivity contribution in [2.45, 2.75) is 78.9 Å². The lowest BCUT2D eigenvalue weighted by Crippen LogP contribution is -2.39. The Balaban J connectivity index is 2.74. The van der Waals surface area contributed by atoms with Crippen LogP contribution < -0.4 is 4.74 Å². The van der Waals surface area contributed by atoms with Gasteiger partial charge < -0.3 is 14.2 Å². The Kier molecular flexibility index (Phi) is 8.75. The van der Waals surface area contributed by atoms with Crippen LogP contribution in [0.1, 0.15) is 60.5 Å². The Morgan fingerprint density at radius 1 is 0.967 bits per heavy atom. The maximum absolute atomic E-state index is 12.7. The molecule has 0 saturated carbocycles. The Labute approximate surface area is 175 Å². The lowest BCUT2D eigenvalue weighted by Gasteiger charge is -2.29. The Morgan fingerprint density at radius 3 is 1.93 bits per heavy atom. The normalized spacial score (nSPS) is 15.3. The third-order valence-electron chi connectivity index (χ3n) is 4.17. The van der Waals surface area contributed by atoms with Gasteiger partial charge in [0, 0.05) is 0 Å². The van der Waals surface area contributed by atoms with Crippen LogP contribution in [-0.4, -0.2) is 29.7 Å². The van der Waals surface area contributed by atoms with Crippen LogP contribution in [0.3, 0.4) is 0 Å². The van der Waals surface area contributed by atoms with Crippen molar-refractivity contribution >= 4 is 11.9 Å². The number of carbonyl (C=O) groups excluding carboxylic acids is 2. The van der Waals surface area contributed by atoms with Crippen molar-refractivity contribution in [2.75, 3.05) is 0 Å². The third kappa shape index (κ3) is 8.63. The molecule has 0 bridgehead atoms. The quantitative estimate of drug-likeness (QED) is 0.514. The van der Waals surface area contributed by atoms with E-state index in [0.29, 0.717) is 0 Å². The first-order valence-electron chi connectivity index (χ1n) is 9.86. The summed E-state index contributed by atoms with van der Waals surface area (Å²) >= 11 is 0. The van der Waals surface area contributed by atoms with Crippen molar-refractivity contribution in [3.05, 3.63) is 29.8 Å². The van der Waals surface area contributed by atoms with E-state index < -0.39 is 47.4 Å². The van der Waals surface area contributed by atoms with Gasteiger partial charge in [-0.2, -0.15) is 13.2 Å². The molecule has 0 aliphatic rings. The fraction of sp³-hybridized carbons (Fsp3) is 0.636. The van der Waals surface area contributed by atoms with Crippen LogP contribution in [0.15, 0.2) is 24.3 Å². The largest absolute Gasteiger partial charge is 0.487 e. The fourth-order valence-corrected chi connectivity index (χ4v) is 2.74. The molecule has 5 nitrogen and oxygen atoms in total. The molecular formula is C22H31F3O5. The zero-order chi connectivity index (χ0) is 23.3. The van der Waals surface area contributed by atoms with Crippen LogP contribution in [0.25, 0.3) is 0 Å². The van der Waals surface area contributed by atoms with E-state index in [1.54, 1.807) is 34.6 Å². The number of ether oxygens (including phenoxy) is 3. The molecular weight excluding hydrogens is 401 g/mol. The van der Waals surface area contributed by atoms with Crippen LogP contribution in [0.5, 0.6) is 5.75 Å². The number of benzene rings is 1. The summed E-state index contributed by atoms with van der Waals surface area (Å²) in [6.07, 6.45) is -5.81. The Bertz CT molecular complexity index is 705. The highest BCUT2D eigenvalue weighted by atomic mass is 19.4. The summed E-state index contributed by atoms with van der Waals surface area (Å²) in [7, 11) is 0. The standard InChI is InChI=1S/C22H31F3O5/c1-13(2)19(29-20(27)14(3)12-18(26)30-21(5,6)7)15(4)28-17-10-8-16(9-11-17)22(23,24)25/h8-11,13-15,19H,12H2,1-7H3/t14-,15+,19-/m1/s1. The monoisotopic (exact) mass is 432 g/mol. The van der Waals surface area contributed by atoms with Crippen LogP contribution in [0, 0.1) is 11.8 Å². The van der Waals surface area contributed by atoms with Crippen LogP contribution in [-0.2, 0) is 25.2 Å². The average Bonchev–Trinajstić information content (AvgIpc) is 2.56. The summed E-state index contributed by atoms with van der Waals surface area (Å²) in [6.45, 7) is 12.1. The molecule has 1 rings (SSSR count). The van der Waals surface area contributed by atoms with Crippen LogP contribution in [0.4, 0.5) is 13.2 Å². The van der Waals surface area contributed by atoms with Gasteiger partial charge in [0.25, 0.3) is 0 Å². The van der Waals surface area contributed by atoms with Gasteiger partial charge in [-0.25, -0.2) is 0 Å². The van der Waals surface area contributed by atoms with Crippen LogP contribution >= 0.6 is 0 Å². The van der Waals surface area contributed by atoms with E-state index in [1.807, 2.05) is 13.8 Å². The highest BCUT2D eigenvalue weighted by Crippen LogP contribution is 2.31. The van der Waals surface area contributed by atoms with E-state index >= 15 is 0 Å². The van der Waals surface area contributed by atoms with E-state index in [9.17, 15) is 22.8 Å². The van der Waals surface area contributed by atoms with Gasteiger partial charge in [-0.3, -0.25) is 9.59 Å². The smallest absolute Gasteiger partial charge is 0.416 e. The van der Waals surface area contributed by atoms with Gasteiger partial charge in [-0.15, -0.1) is 0 Å². The lowest BCUT2D eigenvalue weighted by molar-refractivity contribution is -0.167. The first-order chi connectivity index (χ1) is 13.6. The van der Waals surface area contributed by atoms with Crippen molar-refractivity contribution in [1.82, 2.24) is 0 Å². The number of alkyl halides is 3. The molecule has 8 heteroatoms. The number of hydrogen-bond acceptors (Lipinski definition) is 5. The van der Waals surface area contributed by atoms with Crippen molar-refractivity contribution < 1.29 is 37.0 Å².